The molecule has 2 N–H and O–H groups in total. The van der Waals surface area contributed by atoms with Gasteiger partial charge in [-0.15, -0.1) is 0 Å². The molecule has 1 heterocycles. The van der Waals surface area contributed by atoms with E-state index in [0.717, 1.165) is 11.1 Å². The first-order valence-corrected chi connectivity index (χ1v) is 9.58. The van der Waals surface area contributed by atoms with E-state index in [1.54, 1.807) is 36.8 Å². The Balaban J connectivity index is 0.000000827. The Morgan fingerprint density at radius 3 is 2.17 bits per heavy atom. The van der Waals surface area contributed by atoms with Gasteiger partial charge in [0.25, 0.3) is 0 Å². The van der Waals surface area contributed by atoms with Crippen LogP contribution in [0.3, 0.4) is 0 Å². The summed E-state index contributed by atoms with van der Waals surface area (Å²) in [6.07, 6.45) is 5.03. The van der Waals surface area contributed by atoms with E-state index in [1.165, 1.54) is 0 Å². The van der Waals surface area contributed by atoms with Crippen LogP contribution in [0, 0.1) is 4.91 Å². The zero-order chi connectivity index (χ0) is 21.4. The van der Waals surface area contributed by atoms with Crippen molar-refractivity contribution in [3.05, 3.63) is 91.2 Å². The van der Waals surface area contributed by atoms with Crippen molar-refractivity contribution in [3.63, 3.8) is 0 Å². The predicted molar refractivity (Wildman–Crippen MR) is 110 cm³/mol. The van der Waals surface area contributed by atoms with E-state index < -0.39 is 5.09 Å². The molecule has 0 aliphatic carbocycles. The SMILES string of the molecule is Clc1ccc(COC(Cn2ccnc2)c2ccc(Cl)cc2Cl)c(Cl)c1.O=[N+](O)O.[Au+]. The molecule has 1 aromatic heterocycles. The van der Waals surface area contributed by atoms with Crippen molar-refractivity contribution in [2.45, 2.75) is 19.3 Å². The third-order valence-corrected chi connectivity index (χ3v) is 4.85. The van der Waals surface area contributed by atoms with Crippen LogP contribution in [0.5, 0.6) is 0 Å². The number of ether oxygens (including phenoxy) is 1. The maximum atomic E-state index is 8.47. The number of nitrogens with zero attached hydrogens (tertiary/aromatic N) is 3. The standard InChI is InChI=1S/C18H14Cl4N2O.Au.H2NO3/c19-13-2-1-12(16(21)7-13)10-25-18(9-24-6-5-23-11-24)15-4-3-14(20)8-17(15)22;;2-1(3)4/h1-8,11,18H,9-10H2;;(H2,2,3,4)/q;2*+1. The molecule has 3 rings (SSSR count). The van der Waals surface area contributed by atoms with Gasteiger partial charge in [0.15, 0.2) is 0 Å². The van der Waals surface area contributed by atoms with Crippen molar-refractivity contribution < 1.29 is 42.6 Å². The van der Waals surface area contributed by atoms with Gasteiger partial charge in [-0.3, -0.25) is 0 Å². The molecule has 0 aliphatic rings. The number of hydrogen-bond donors (Lipinski definition) is 2. The molecule has 30 heavy (non-hydrogen) atoms. The van der Waals surface area contributed by atoms with Crippen molar-refractivity contribution in [1.29, 1.82) is 0 Å². The minimum atomic E-state index is -1.25. The second-order valence-electron chi connectivity index (χ2n) is 5.71. The molecule has 12 heteroatoms. The van der Waals surface area contributed by atoms with Crippen molar-refractivity contribution in [3.8, 4) is 0 Å². The van der Waals surface area contributed by atoms with Gasteiger partial charge in [-0.1, -0.05) is 58.5 Å². The van der Waals surface area contributed by atoms with E-state index in [0.29, 0.717) is 33.2 Å². The summed E-state index contributed by atoms with van der Waals surface area (Å²) in [5.74, 6) is 0. The largest absolute Gasteiger partial charge is 1.00 e. The maximum Gasteiger partial charge on any atom is 1.00 e. The number of imidazole rings is 1. The molecule has 2 aromatic carbocycles. The fourth-order valence-corrected chi connectivity index (χ4v) is 3.41. The van der Waals surface area contributed by atoms with Gasteiger partial charge in [0.2, 0.25) is 0 Å². The monoisotopic (exact) mass is 675 g/mol. The molecular weight excluding hydrogens is 661 g/mol. The number of halogens is 4. The van der Waals surface area contributed by atoms with Crippen LogP contribution in [0.1, 0.15) is 17.2 Å². The number of hydrogen-bond acceptors (Lipinski definition) is 3. The van der Waals surface area contributed by atoms with Gasteiger partial charge in [0.1, 0.15) is 11.0 Å². The zero-order valence-electron chi connectivity index (χ0n) is 15.1. The van der Waals surface area contributed by atoms with Gasteiger partial charge in [-0.2, -0.15) is 0 Å². The van der Waals surface area contributed by atoms with Crippen LogP contribution in [0.2, 0.25) is 20.1 Å². The molecule has 1 atom stereocenters. The predicted octanol–water partition coefficient (Wildman–Crippen LogP) is 6.00. The number of benzene rings is 2. The Morgan fingerprint density at radius 1 is 1.03 bits per heavy atom. The summed E-state index contributed by atoms with van der Waals surface area (Å²) in [5, 5.41) is 14.8. The Morgan fingerprint density at radius 2 is 1.63 bits per heavy atom. The summed E-state index contributed by atoms with van der Waals surface area (Å²) in [5.41, 5.74) is 1.71. The smallest absolute Gasteiger partial charge is 0.367 e. The van der Waals surface area contributed by atoms with Gasteiger partial charge in [-0.05, 0) is 29.8 Å². The summed E-state index contributed by atoms with van der Waals surface area (Å²) in [4.78, 5) is 12.5. The molecule has 0 saturated heterocycles. The van der Waals surface area contributed by atoms with Crippen LogP contribution in [0.4, 0.5) is 0 Å². The van der Waals surface area contributed by atoms with E-state index in [-0.39, 0.29) is 28.5 Å². The van der Waals surface area contributed by atoms with E-state index >= 15 is 0 Å². The summed E-state index contributed by atoms with van der Waals surface area (Å²) < 4.78 is 8.05. The Labute approximate surface area is 208 Å². The second kappa shape index (κ2) is 13.2. The van der Waals surface area contributed by atoms with Crippen LogP contribution in [-0.4, -0.2) is 25.1 Å². The van der Waals surface area contributed by atoms with Crippen LogP contribution in [-0.2, 0) is 40.3 Å². The van der Waals surface area contributed by atoms with Crippen molar-refractivity contribution >= 4 is 46.4 Å². The fourth-order valence-electron chi connectivity index (χ4n) is 2.42. The van der Waals surface area contributed by atoms with E-state index in [9.17, 15) is 0 Å². The molecule has 0 spiro atoms. The molecule has 7 nitrogen and oxygen atoms in total. The number of rotatable bonds is 6. The normalized spacial score (nSPS) is 11.1. The molecule has 0 fully saturated rings. The fraction of sp³-hybridized carbons (Fsp3) is 0.167. The quantitative estimate of drug-likeness (QED) is 0.247. The van der Waals surface area contributed by atoms with Crippen LogP contribution < -0.4 is 0 Å². The van der Waals surface area contributed by atoms with Crippen molar-refractivity contribution in [2.24, 2.45) is 0 Å². The second-order valence-corrected chi connectivity index (χ2v) is 7.40. The molecule has 0 amide bonds. The van der Waals surface area contributed by atoms with Gasteiger partial charge in [0.05, 0.1) is 19.5 Å². The molecule has 0 aliphatic heterocycles. The average molecular weight is 677 g/mol. The van der Waals surface area contributed by atoms with Crippen molar-refractivity contribution in [2.75, 3.05) is 0 Å². The molecule has 3 aromatic rings. The van der Waals surface area contributed by atoms with Crippen LogP contribution >= 0.6 is 46.4 Å². The number of aromatic nitrogens is 2. The van der Waals surface area contributed by atoms with Crippen molar-refractivity contribution in [1.82, 2.24) is 9.55 Å². The van der Waals surface area contributed by atoms with Gasteiger partial charge < -0.3 is 9.30 Å². The van der Waals surface area contributed by atoms with E-state index in [2.05, 4.69) is 4.98 Å². The molecule has 164 valence electrons. The summed E-state index contributed by atoms with van der Waals surface area (Å²) in [6, 6.07) is 10.7. The summed E-state index contributed by atoms with van der Waals surface area (Å²) in [7, 11) is 0. The Bertz CT molecular complexity index is 957. The third kappa shape index (κ3) is 8.83. The molecule has 1 unspecified atom stereocenters. The molecule has 0 saturated carbocycles. The summed E-state index contributed by atoms with van der Waals surface area (Å²) >= 11 is 24.5. The van der Waals surface area contributed by atoms with E-state index in [4.69, 9.17) is 66.5 Å². The first-order chi connectivity index (χ1) is 13.8. The van der Waals surface area contributed by atoms with Gasteiger partial charge in [-0.25, -0.2) is 15.4 Å². The van der Waals surface area contributed by atoms with Gasteiger partial charge in [0, 0.05) is 38.0 Å². The zero-order valence-corrected chi connectivity index (χ0v) is 20.2. The summed E-state index contributed by atoms with van der Waals surface area (Å²) in [6.45, 7) is 0.890. The van der Waals surface area contributed by atoms with Crippen LogP contribution in [0.25, 0.3) is 0 Å². The first kappa shape index (κ1) is 26.7. The Hall–Kier alpha value is -1.29. The molecule has 0 radical (unpaired) electrons. The average Bonchev–Trinajstić information content (AvgIpc) is 3.13. The minimum Gasteiger partial charge on any atom is -0.367 e. The topological polar surface area (TPSA) is 87.6 Å². The molecule has 0 bridgehead atoms. The third-order valence-electron chi connectivity index (χ3n) is 3.70. The van der Waals surface area contributed by atoms with E-state index in [1.807, 2.05) is 22.9 Å². The van der Waals surface area contributed by atoms with Crippen LogP contribution in [0.15, 0.2) is 55.1 Å². The molecular formula is C18H16AuCl4N3O4+2. The van der Waals surface area contributed by atoms with Gasteiger partial charge >= 0.3 is 27.5 Å². The minimum absolute atomic E-state index is 0. The maximum absolute atomic E-state index is 8.47. The first-order valence-electron chi connectivity index (χ1n) is 8.07. The Kier molecular flexibility index (Phi) is 11.8.